The van der Waals surface area contributed by atoms with E-state index in [4.69, 9.17) is 4.74 Å². The Hall–Kier alpha value is -3.11. The fourth-order valence-electron chi connectivity index (χ4n) is 2.13. The van der Waals surface area contributed by atoms with E-state index in [0.29, 0.717) is 22.7 Å². The number of hydrogen-bond acceptors (Lipinski definition) is 4. The van der Waals surface area contributed by atoms with Crippen LogP contribution in [0.25, 0.3) is 6.08 Å². The van der Waals surface area contributed by atoms with E-state index in [0.717, 1.165) is 4.47 Å². The van der Waals surface area contributed by atoms with Crippen molar-refractivity contribution in [2.45, 2.75) is 6.92 Å². The van der Waals surface area contributed by atoms with Gasteiger partial charge in [-0.1, -0.05) is 6.07 Å². The van der Waals surface area contributed by atoms with Gasteiger partial charge in [-0.2, -0.15) is 5.26 Å². The van der Waals surface area contributed by atoms with E-state index < -0.39 is 5.91 Å². The molecular formula is C19H16BrN3O3. The van der Waals surface area contributed by atoms with E-state index in [1.165, 1.54) is 13.0 Å². The van der Waals surface area contributed by atoms with Gasteiger partial charge in [0, 0.05) is 18.3 Å². The van der Waals surface area contributed by atoms with Gasteiger partial charge >= 0.3 is 0 Å². The van der Waals surface area contributed by atoms with Crippen LogP contribution in [-0.2, 0) is 9.59 Å². The van der Waals surface area contributed by atoms with Crippen LogP contribution in [0, 0.1) is 11.3 Å². The molecule has 2 aromatic rings. The first-order chi connectivity index (χ1) is 12.4. The number of amides is 2. The van der Waals surface area contributed by atoms with Gasteiger partial charge in [-0.25, -0.2) is 0 Å². The maximum Gasteiger partial charge on any atom is 0.266 e. The van der Waals surface area contributed by atoms with Crippen LogP contribution in [0.3, 0.4) is 0 Å². The van der Waals surface area contributed by atoms with Crippen molar-refractivity contribution in [3.63, 3.8) is 0 Å². The zero-order valence-corrected chi connectivity index (χ0v) is 15.8. The van der Waals surface area contributed by atoms with Gasteiger partial charge in [-0.3, -0.25) is 9.59 Å². The smallest absolute Gasteiger partial charge is 0.266 e. The molecule has 0 atom stereocenters. The molecule has 0 aliphatic carbocycles. The zero-order chi connectivity index (χ0) is 19.1. The van der Waals surface area contributed by atoms with Crippen molar-refractivity contribution in [1.82, 2.24) is 0 Å². The molecule has 0 bridgehead atoms. The number of anilines is 2. The van der Waals surface area contributed by atoms with Crippen LogP contribution in [0.4, 0.5) is 11.4 Å². The summed E-state index contributed by atoms with van der Waals surface area (Å²) in [7, 11) is 1.56. The SMILES string of the molecule is COc1ccc(/C=C(\C#N)C(=O)Nc2ccc(NC(C)=O)cc2)cc1Br. The van der Waals surface area contributed by atoms with E-state index in [1.54, 1.807) is 49.6 Å². The van der Waals surface area contributed by atoms with Crippen LogP contribution in [-0.4, -0.2) is 18.9 Å². The van der Waals surface area contributed by atoms with Crippen LogP contribution in [0.5, 0.6) is 5.75 Å². The quantitative estimate of drug-likeness (QED) is 0.572. The van der Waals surface area contributed by atoms with Gasteiger partial charge in [-0.05, 0) is 64.0 Å². The zero-order valence-electron chi connectivity index (χ0n) is 14.2. The van der Waals surface area contributed by atoms with Crippen LogP contribution in [0.2, 0.25) is 0 Å². The van der Waals surface area contributed by atoms with Gasteiger partial charge in [0.25, 0.3) is 5.91 Å². The fourth-order valence-corrected chi connectivity index (χ4v) is 2.68. The minimum Gasteiger partial charge on any atom is -0.496 e. The Balaban J connectivity index is 2.14. The molecule has 0 saturated heterocycles. The lowest BCUT2D eigenvalue weighted by atomic mass is 10.1. The summed E-state index contributed by atoms with van der Waals surface area (Å²) in [5.74, 6) is -0.0433. The largest absolute Gasteiger partial charge is 0.496 e. The Morgan fingerprint density at radius 3 is 2.23 bits per heavy atom. The molecule has 0 saturated carbocycles. The van der Waals surface area contributed by atoms with Crippen molar-refractivity contribution in [2.24, 2.45) is 0 Å². The molecule has 0 spiro atoms. The summed E-state index contributed by atoms with van der Waals surface area (Å²) < 4.78 is 5.88. The van der Waals surface area contributed by atoms with Crippen LogP contribution < -0.4 is 15.4 Å². The molecule has 2 N–H and O–H groups in total. The number of benzene rings is 2. The average Bonchev–Trinajstić information content (AvgIpc) is 2.61. The number of halogens is 1. The van der Waals surface area contributed by atoms with E-state index >= 15 is 0 Å². The molecular weight excluding hydrogens is 398 g/mol. The Morgan fingerprint density at radius 1 is 1.12 bits per heavy atom. The molecule has 132 valence electrons. The summed E-state index contributed by atoms with van der Waals surface area (Å²) in [6, 6.07) is 13.7. The van der Waals surface area contributed by atoms with Gasteiger partial charge in [0.2, 0.25) is 5.91 Å². The second-order valence-corrected chi connectivity index (χ2v) is 6.13. The molecule has 0 fully saturated rings. The third kappa shape index (κ3) is 5.19. The van der Waals surface area contributed by atoms with Crippen LogP contribution in [0.15, 0.2) is 52.5 Å². The Labute approximate surface area is 159 Å². The molecule has 0 aliphatic rings. The number of nitrogens with one attached hydrogen (secondary N) is 2. The first-order valence-corrected chi connectivity index (χ1v) is 8.36. The molecule has 26 heavy (non-hydrogen) atoms. The summed E-state index contributed by atoms with van der Waals surface area (Å²) in [5, 5.41) is 14.6. The normalized spacial score (nSPS) is 10.6. The molecule has 6 nitrogen and oxygen atoms in total. The summed E-state index contributed by atoms with van der Waals surface area (Å²) in [4.78, 5) is 23.3. The monoisotopic (exact) mass is 413 g/mol. The van der Waals surface area contributed by atoms with Crippen molar-refractivity contribution in [2.75, 3.05) is 17.7 Å². The van der Waals surface area contributed by atoms with Crippen molar-refractivity contribution in [3.8, 4) is 11.8 Å². The summed E-state index contributed by atoms with van der Waals surface area (Å²) in [6.07, 6.45) is 1.49. The Morgan fingerprint density at radius 2 is 1.73 bits per heavy atom. The number of methoxy groups -OCH3 is 1. The average molecular weight is 414 g/mol. The number of ether oxygens (including phenoxy) is 1. The van der Waals surface area contributed by atoms with Crippen molar-refractivity contribution in [1.29, 1.82) is 5.26 Å². The van der Waals surface area contributed by atoms with Gasteiger partial charge in [0.15, 0.2) is 0 Å². The third-order valence-corrected chi connectivity index (χ3v) is 3.93. The number of carbonyl (C=O) groups excluding carboxylic acids is 2. The minimum absolute atomic E-state index is 0.0343. The molecule has 2 aromatic carbocycles. The standard InChI is InChI=1S/C19H16BrN3O3/c1-12(24)22-15-4-6-16(7-5-15)23-19(25)14(11-21)9-13-3-8-18(26-2)17(20)10-13/h3-10H,1-2H3,(H,22,24)(H,23,25)/b14-9+. The molecule has 0 heterocycles. The second kappa shape index (κ2) is 8.83. The van der Waals surface area contributed by atoms with Gasteiger partial charge in [-0.15, -0.1) is 0 Å². The number of nitrogens with zero attached hydrogens (tertiary/aromatic N) is 1. The van der Waals surface area contributed by atoms with Gasteiger partial charge in [0.05, 0.1) is 11.6 Å². The summed E-state index contributed by atoms with van der Waals surface area (Å²) >= 11 is 3.37. The number of hydrogen-bond donors (Lipinski definition) is 2. The highest BCUT2D eigenvalue weighted by atomic mass is 79.9. The maximum atomic E-state index is 12.3. The molecule has 2 rings (SSSR count). The first-order valence-electron chi connectivity index (χ1n) is 7.57. The van der Waals surface area contributed by atoms with E-state index in [2.05, 4.69) is 26.6 Å². The minimum atomic E-state index is -0.522. The van der Waals surface area contributed by atoms with Crippen molar-refractivity contribution >= 4 is 45.2 Å². The molecule has 0 unspecified atom stereocenters. The lowest BCUT2D eigenvalue weighted by molar-refractivity contribution is -0.114. The lowest BCUT2D eigenvalue weighted by Crippen LogP contribution is -2.13. The molecule has 0 radical (unpaired) electrons. The van der Waals surface area contributed by atoms with Crippen molar-refractivity contribution in [3.05, 3.63) is 58.1 Å². The van der Waals surface area contributed by atoms with Crippen molar-refractivity contribution < 1.29 is 14.3 Å². The Kier molecular flexibility index (Phi) is 6.53. The highest BCUT2D eigenvalue weighted by molar-refractivity contribution is 9.10. The van der Waals surface area contributed by atoms with Gasteiger partial charge in [0.1, 0.15) is 17.4 Å². The predicted molar refractivity (Wildman–Crippen MR) is 104 cm³/mol. The van der Waals surface area contributed by atoms with E-state index in [-0.39, 0.29) is 11.5 Å². The highest BCUT2D eigenvalue weighted by Crippen LogP contribution is 2.26. The lowest BCUT2D eigenvalue weighted by Gasteiger charge is -2.07. The highest BCUT2D eigenvalue weighted by Gasteiger charge is 2.10. The Bertz CT molecular complexity index is 899. The van der Waals surface area contributed by atoms with Crippen LogP contribution in [0.1, 0.15) is 12.5 Å². The first kappa shape index (κ1) is 19.2. The molecule has 0 aromatic heterocycles. The number of nitriles is 1. The van der Waals surface area contributed by atoms with Crippen LogP contribution >= 0.6 is 15.9 Å². The van der Waals surface area contributed by atoms with E-state index in [9.17, 15) is 14.9 Å². The topological polar surface area (TPSA) is 91.2 Å². The predicted octanol–water partition coefficient (Wildman–Crippen LogP) is 3.96. The molecule has 0 aliphatic heterocycles. The number of carbonyl (C=O) groups is 2. The van der Waals surface area contributed by atoms with Gasteiger partial charge < -0.3 is 15.4 Å². The fraction of sp³-hybridized carbons (Fsp3) is 0.105. The molecule has 7 heteroatoms. The number of rotatable bonds is 5. The maximum absolute atomic E-state index is 12.3. The third-order valence-electron chi connectivity index (χ3n) is 3.32. The second-order valence-electron chi connectivity index (χ2n) is 5.28. The summed E-state index contributed by atoms with van der Waals surface area (Å²) in [5.41, 5.74) is 1.79. The molecule has 2 amide bonds. The summed E-state index contributed by atoms with van der Waals surface area (Å²) in [6.45, 7) is 1.41. The van der Waals surface area contributed by atoms with E-state index in [1.807, 2.05) is 6.07 Å².